The average molecular weight is 280 g/mol. The highest BCUT2D eigenvalue weighted by molar-refractivity contribution is 6.31. The van der Waals surface area contributed by atoms with E-state index in [0.717, 1.165) is 11.1 Å². The molecule has 100 valence electrons. The van der Waals surface area contributed by atoms with Crippen LogP contribution in [0, 0.1) is 6.92 Å². The molecular weight excluding hydrogens is 266 g/mol. The van der Waals surface area contributed by atoms with Gasteiger partial charge in [-0.15, -0.1) is 0 Å². The van der Waals surface area contributed by atoms with Crippen LogP contribution in [0.4, 0.5) is 0 Å². The minimum atomic E-state index is 0.201. The maximum Gasteiger partial charge on any atom is 0.319 e. The van der Waals surface area contributed by atoms with Crippen molar-refractivity contribution in [1.82, 2.24) is 9.97 Å². The van der Waals surface area contributed by atoms with Gasteiger partial charge in [0.2, 0.25) is 5.88 Å². The van der Waals surface area contributed by atoms with Crippen molar-refractivity contribution in [3.63, 3.8) is 0 Å². The molecule has 1 aromatic carbocycles. The highest BCUT2D eigenvalue weighted by Crippen LogP contribution is 2.30. The van der Waals surface area contributed by atoms with Gasteiger partial charge >= 0.3 is 6.01 Å². The standard InChI is InChI=1S/C13H14ClN3O2/c1-8-3-4-9(6-15)5-11(8)19-12-10(14)7-16-13(17-12)18-2/h3-5,7H,6,15H2,1-2H3. The molecule has 0 fully saturated rings. The predicted molar refractivity (Wildman–Crippen MR) is 72.7 cm³/mol. The van der Waals surface area contributed by atoms with Gasteiger partial charge in [0.1, 0.15) is 10.8 Å². The number of benzene rings is 1. The van der Waals surface area contributed by atoms with E-state index in [9.17, 15) is 0 Å². The third-order valence-electron chi connectivity index (χ3n) is 2.57. The molecule has 1 aromatic heterocycles. The van der Waals surface area contributed by atoms with Gasteiger partial charge in [-0.25, -0.2) is 4.98 Å². The Morgan fingerprint density at radius 2 is 2.16 bits per heavy atom. The smallest absolute Gasteiger partial charge is 0.319 e. The van der Waals surface area contributed by atoms with Crippen LogP contribution in [0.3, 0.4) is 0 Å². The molecule has 0 spiro atoms. The zero-order chi connectivity index (χ0) is 13.8. The van der Waals surface area contributed by atoms with Crippen molar-refractivity contribution in [2.75, 3.05) is 7.11 Å². The third-order valence-corrected chi connectivity index (χ3v) is 2.83. The van der Waals surface area contributed by atoms with E-state index in [0.29, 0.717) is 17.3 Å². The second-order valence-electron chi connectivity index (χ2n) is 3.92. The summed E-state index contributed by atoms with van der Waals surface area (Å²) in [4.78, 5) is 7.95. The number of hydrogen-bond acceptors (Lipinski definition) is 5. The average Bonchev–Trinajstić information content (AvgIpc) is 2.43. The molecule has 19 heavy (non-hydrogen) atoms. The summed E-state index contributed by atoms with van der Waals surface area (Å²) in [5.41, 5.74) is 7.54. The van der Waals surface area contributed by atoms with Gasteiger partial charge in [-0.1, -0.05) is 23.7 Å². The molecule has 5 nitrogen and oxygen atoms in total. The van der Waals surface area contributed by atoms with Crippen molar-refractivity contribution in [2.45, 2.75) is 13.5 Å². The Morgan fingerprint density at radius 1 is 1.37 bits per heavy atom. The number of hydrogen-bond donors (Lipinski definition) is 1. The summed E-state index contributed by atoms with van der Waals surface area (Å²) < 4.78 is 10.6. The molecule has 1 heterocycles. The van der Waals surface area contributed by atoms with E-state index in [4.69, 9.17) is 26.8 Å². The van der Waals surface area contributed by atoms with Gasteiger partial charge in [0.15, 0.2) is 0 Å². The highest BCUT2D eigenvalue weighted by Gasteiger charge is 2.10. The van der Waals surface area contributed by atoms with Crippen LogP contribution >= 0.6 is 11.6 Å². The van der Waals surface area contributed by atoms with E-state index in [1.807, 2.05) is 25.1 Å². The molecule has 2 aromatic rings. The van der Waals surface area contributed by atoms with E-state index in [2.05, 4.69) is 9.97 Å². The minimum Gasteiger partial charge on any atom is -0.467 e. The summed E-state index contributed by atoms with van der Waals surface area (Å²) in [5, 5.41) is 0.318. The first-order chi connectivity index (χ1) is 9.13. The summed E-state index contributed by atoms with van der Waals surface area (Å²) >= 11 is 6.00. The lowest BCUT2D eigenvalue weighted by Gasteiger charge is -2.10. The Morgan fingerprint density at radius 3 is 2.84 bits per heavy atom. The van der Waals surface area contributed by atoms with Gasteiger partial charge in [0.25, 0.3) is 0 Å². The van der Waals surface area contributed by atoms with Crippen molar-refractivity contribution >= 4 is 11.6 Å². The molecule has 2 rings (SSSR count). The largest absolute Gasteiger partial charge is 0.467 e. The molecule has 0 aliphatic rings. The molecule has 2 N–H and O–H groups in total. The third kappa shape index (κ3) is 3.13. The Hall–Kier alpha value is -1.85. The highest BCUT2D eigenvalue weighted by atomic mass is 35.5. The lowest BCUT2D eigenvalue weighted by Crippen LogP contribution is -1.99. The van der Waals surface area contributed by atoms with Crippen molar-refractivity contribution in [3.05, 3.63) is 40.5 Å². The van der Waals surface area contributed by atoms with Gasteiger partial charge < -0.3 is 15.2 Å². The Kier molecular flexibility index (Phi) is 4.19. The quantitative estimate of drug-likeness (QED) is 0.932. The van der Waals surface area contributed by atoms with Crippen LogP contribution in [0.25, 0.3) is 0 Å². The van der Waals surface area contributed by atoms with Crippen LogP contribution < -0.4 is 15.2 Å². The molecule has 0 radical (unpaired) electrons. The number of rotatable bonds is 4. The first kappa shape index (κ1) is 13.6. The number of nitrogens with two attached hydrogens (primary N) is 1. The van der Waals surface area contributed by atoms with Crippen molar-refractivity contribution in [1.29, 1.82) is 0 Å². The van der Waals surface area contributed by atoms with Crippen molar-refractivity contribution in [3.8, 4) is 17.6 Å². The van der Waals surface area contributed by atoms with Gasteiger partial charge in [0.05, 0.1) is 13.3 Å². The van der Waals surface area contributed by atoms with Crippen LogP contribution in [0.15, 0.2) is 24.4 Å². The molecule has 0 amide bonds. The molecule has 0 aliphatic heterocycles. The molecule has 0 atom stereocenters. The molecule has 0 aliphatic carbocycles. The zero-order valence-corrected chi connectivity index (χ0v) is 11.4. The minimum absolute atomic E-state index is 0.201. The summed E-state index contributed by atoms with van der Waals surface area (Å²) in [6.07, 6.45) is 1.44. The summed E-state index contributed by atoms with van der Waals surface area (Å²) in [7, 11) is 1.48. The van der Waals surface area contributed by atoms with E-state index in [-0.39, 0.29) is 11.9 Å². The Labute approximate surface area is 116 Å². The van der Waals surface area contributed by atoms with Crippen LogP contribution in [-0.2, 0) is 6.54 Å². The fraction of sp³-hybridized carbons (Fsp3) is 0.231. The fourth-order valence-electron chi connectivity index (χ4n) is 1.49. The van der Waals surface area contributed by atoms with Gasteiger partial charge in [-0.05, 0) is 24.1 Å². The van der Waals surface area contributed by atoms with Crippen LogP contribution in [-0.4, -0.2) is 17.1 Å². The van der Waals surface area contributed by atoms with E-state index in [1.54, 1.807) is 0 Å². The summed E-state index contributed by atoms with van der Waals surface area (Å²) in [6, 6.07) is 5.95. The number of aryl methyl sites for hydroxylation is 1. The summed E-state index contributed by atoms with van der Waals surface area (Å²) in [5.74, 6) is 0.913. The molecule has 0 bridgehead atoms. The number of methoxy groups -OCH3 is 1. The molecule has 0 unspecified atom stereocenters. The Balaban J connectivity index is 2.35. The van der Waals surface area contributed by atoms with E-state index >= 15 is 0 Å². The van der Waals surface area contributed by atoms with Gasteiger partial charge in [-0.2, -0.15) is 4.98 Å². The second-order valence-corrected chi connectivity index (χ2v) is 4.32. The maximum absolute atomic E-state index is 6.00. The van der Waals surface area contributed by atoms with Crippen LogP contribution in [0.2, 0.25) is 5.02 Å². The van der Waals surface area contributed by atoms with Crippen molar-refractivity contribution in [2.24, 2.45) is 5.73 Å². The molecule has 0 saturated carbocycles. The summed E-state index contributed by atoms with van der Waals surface area (Å²) in [6.45, 7) is 2.37. The number of nitrogens with zero attached hydrogens (tertiary/aromatic N) is 2. The molecule has 0 saturated heterocycles. The fourth-order valence-corrected chi connectivity index (χ4v) is 1.62. The van der Waals surface area contributed by atoms with Gasteiger partial charge in [0, 0.05) is 6.54 Å². The maximum atomic E-state index is 6.00. The zero-order valence-electron chi connectivity index (χ0n) is 10.7. The first-order valence-electron chi connectivity index (χ1n) is 5.68. The predicted octanol–water partition coefficient (Wildman–Crippen LogP) is 2.70. The number of halogens is 1. The SMILES string of the molecule is COc1ncc(Cl)c(Oc2cc(CN)ccc2C)n1. The second kappa shape index (κ2) is 5.86. The van der Waals surface area contributed by atoms with Crippen LogP contribution in [0.5, 0.6) is 17.6 Å². The monoisotopic (exact) mass is 279 g/mol. The van der Waals surface area contributed by atoms with Gasteiger partial charge in [-0.3, -0.25) is 0 Å². The normalized spacial score (nSPS) is 10.3. The lowest BCUT2D eigenvalue weighted by molar-refractivity contribution is 0.366. The topological polar surface area (TPSA) is 70.3 Å². The molecular formula is C13H14ClN3O2. The Bertz CT molecular complexity index is 539. The molecule has 6 heteroatoms. The number of ether oxygens (including phenoxy) is 2. The lowest BCUT2D eigenvalue weighted by atomic mass is 10.1. The van der Waals surface area contributed by atoms with Crippen molar-refractivity contribution < 1.29 is 9.47 Å². The number of aromatic nitrogens is 2. The van der Waals surface area contributed by atoms with E-state index in [1.165, 1.54) is 13.3 Å². The first-order valence-corrected chi connectivity index (χ1v) is 6.06. The van der Waals surface area contributed by atoms with E-state index < -0.39 is 0 Å². The van der Waals surface area contributed by atoms with Crippen LogP contribution in [0.1, 0.15) is 11.1 Å².